The van der Waals surface area contributed by atoms with E-state index in [0.29, 0.717) is 21.7 Å². The van der Waals surface area contributed by atoms with Gasteiger partial charge in [0, 0.05) is 17.0 Å². The minimum Gasteiger partial charge on any atom is -0.300 e. The Morgan fingerprint density at radius 3 is 2.52 bits per heavy atom. The SMILES string of the molecule is CCn1c(=O)c2ccccc2n(CC(=O)Nc2nc(-c3ccc(F)cc3)c(C)s2)c1=O. The molecule has 158 valence electrons. The molecule has 4 rings (SSSR count). The van der Waals surface area contributed by atoms with Crippen molar-refractivity contribution in [2.24, 2.45) is 0 Å². The number of hydrogen-bond acceptors (Lipinski definition) is 5. The Morgan fingerprint density at radius 1 is 1.10 bits per heavy atom. The molecule has 0 radical (unpaired) electrons. The second-order valence-corrected chi connectivity index (χ2v) is 8.12. The van der Waals surface area contributed by atoms with E-state index in [1.54, 1.807) is 43.3 Å². The van der Waals surface area contributed by atoms with Gasteiger partial charge in [-0.2, -0.15) is 0 Å². The van der Waals surface area contributed by atoms with Gasteiger partial charge in [0.25, 0.3) is 5.56 Å². The number of amides is 1. The van der Waals surface area contributed by atoms with Crippen LogP contribution in [0.25, 0.3) is 22.2 Å². The van der Waals surface area contributed by atoms with Crippen LogP contribution < -0.4 is 16.6 Å². The zero-order valence-electron chi connectivity index (χ0n) is 16.9. The van der Waals surface area contributed by atoms with Crippen LogP contribution in [0.3, 0.4) is 0 Å². The molecule has 0 spiro atoms. The van der Waals surface area contributed by atoms with Gasteiger partial charge in [0.15, 0.2) is 5.13 Å². The van der Waals surface area contributed by atoms with Crippen LogP contribution in [-0.2, 0) is 17.9 Å². The molecule has 7 nitrogen and oxygen atoms in total. The van der Waals surface area contributed by atoms with Crippen molar-refractivity contribution < 1.29 is 9.18 Å². The monoisotopic (exact) mass is 438 g/mol. The molecule has 31 heavy (non-hydrogen) atoms. The van der Waals surface area contributed by atoms with Crippen molar-refractivity contribution >= 4 is 33.3 Å². The number of para-hydroxylation sites is 1. The second kappa shape index (κ2) is 8.27. The molecule has 2 aromatic carbocycles. The van der Waals surface area contributed by atoms with E-state index in [4.69, 9.17) is 0 Å². The molecule has 0 unspecified atom stereocenters. The van der Waals surface area contributed by atoms with Crippen molar-refractivity contribution in [2.75, 3.05) is 5.32 Å². The number of halogens is 1. The minimum atomic E-state index is -0.538. The molecular weight excluding hydrogens is 419 g/mol. The molecular formula is C22H19FN4O3S. The van der Waals surface area contributed by atoms with Crippen LogP contribution in [0.4, 0.5) is 9.52 Å². The molecule has 0 fully saturated rings. The third kappa shape index (κ3) is 3.91. The summed E-state index contributed by atoms with van der Waals surface area (Å²) in [7, 11) is 0. The van der Waals surface area contributed by atoms with Gasteiger partial charge in [0.1, 0.15) is 12.4 Å². The summed E-state index contributed by atoms with van der Waals surface area (Å²) in [6.45, 7) is 3.51. The van der Waals surface area contributed by atoms with E-state index in [9.17, 15) is 18.8 Å². The maximum absolute atomic E-state index is 13.2. The molecule has 0 bridgehead atoms. The summed E-state index contributed by atoms with van der Waals surface area (Å²) >= 11 is 1.29. The van der Waals surface area contributed by atoms with E-state index >= 15 is 0 Å². The molecule has 4 aromatic rings. The Morgan fingerprint density at radius 2 is 1.81 bits per heavy atom. The average molecular weight is 438 g/mol. The van der Waals surface area contributed by atoms with E-state index in [-0.39, 0.29) is 24.5 Å². The first-order valence-electron chi connectivity index (χ1n) is 9.64. The first-order valence-corrected chi connectivity index (χ1v) is 10.5. The summed E-state index contributed by atoms with van der Waals surface area (Å²) in [5.74, 6) is -0.774. The summed E-state index contributed by atoms with van der Waals surface area (Å²) in [6.07, 6.45) is 0. The molecule has 2 heterocycles. The van der Waals surface area contributed by atoms with Crippen molar-refractivity contribution in [3.05, 3.63) is 80.1 Å². The van der Waals surface area contributed by atoms with Crippen LogP contribution in [0, 0.1) is 12.7 Å². The van der Waals surface area contributed by atoms with E-state index in [1.807, 2.05) is 6.92 Å². The fourth-order valence-electron chi connectivity index (χ4n) is 3.43. The number of anilines is 1. The Balaban J connectivity index is 1.64. The van der Waals surface area contributed by atoms with Crippen molar-refractivity contribution in [1.29, 1.82) is 0 Å². The number of benzene rings is 2. The predicted octanol–water partition coefficient (Wildman–Crippen LogP) is 3.39. The van der Waals surface area contributed by atoms with E-state index in [1.165, 1.54) is 28.0 Å². The van der Waals surface area contributed by atoms with Gasteiger partial charge < -0.3 is 5.32 Å². The van der Waals surface area contributed by atoms with Gasteiger partial charge in [-0.1, -0.05) is 12.1 Å². The number of fused-ring (bicyclic) bond motifs is 1. The topological polar surface area (TPSA) is 86.0 Å². The second-order valence-electron chi connectivity index (χ2n) is 6.91. The maximum Gasteiger partial charge on any atom is 0.331 e. The first kappa shape index (κ1) is 20.7. The van der Waals surface area contributed by atoms with Crippen molar-refractivity contribution in [1.82, 2.24) is 14.1 Å². The van der Waals surface area contributed by atoms with Crippen LogP contribution in [0.1, 0.15) is 11.8 Å². The van der Waals surface area contributed by atoms with Crippen LogP contribution in [0.5, 0.6) is 0 Å². The number of carbonyl (C=O) groups is 1. The van der Waals surface area contributed by atoms with E-state index < -0.39 is 11.6 Å². The number of aryl methyl sites for hydroxylation is 1. The molecule has 0 saturated heterocycles. The highest BCUT2D eigenvalue weighted by molar-refractivity contribution is 7.16. The van der Waals surface area contributed by atoms with Gasteiger partial charge >= 0.3 is 5.69 Å². The number of hydrogen-bond donors (Lipinski definition) is 1. The number of aromatic nitrogens is 3. The van der Waals surface area contributed by atoms with Crippen LogP contribution in [0.15, 0.2) is 58.1 Å². The lowest BCUT2D eigenvalue weighted by Gasteiger charge is -2.12. The van der Waals surface area contributed by atoms with Gasteiger partial charge in [0.05, 0.1) is 16.6 Å². The van der Waals surface area contributed by atoms with Gasteiger partial charge in [-0.15, -0.1) is 11.3 Å². The van der Waals surface area contributed by atoms with E-state index in [0.717, 1.165) is 15.0 Å². The maximum atomic E-state index is 13.2. The Labute approximate surface area is 180 Å². The van der Waals surface area contributed by atoms with E-state index in [2.05, 4.69) is 10.3 Å². The lowest BCUT2D eigenvalue weighted by Crippen LogP contribution is -2.41. The molecule has 2 aromatic heterocycles. The van der Waals surface area contributed by atoms with Gasteiger partial charge in [-0.3, -0.25) is 18.7 Å². The minimum absolute atomic E-state index is 0.205. The third-order valence-corrected chi connectivity index (χ3v) is 5.80. The van der Waals surface area contributed by atoms with Gasteiger partial charge in [-0.25, -0.2) is 14.2 Å². The van der Waals surface area contributed by atoms with Gasteiger partial charge in [0.2, 0.25) is 5.91 Å². The molecule has 1 amide bonds. The fourth-order valence-corrected chi connectivity index (χ4v) is 4.28. The van der Waals surface area contributed by atoms with Crippen molar-refractivity contribution in [3.63, 3.8) is 0 Å². The highest BCUT2D eigenvalue weighted by Gasteiger charge is 2.16. The summed E-state index contributed by atoms with van der Waals surface area (Å²) in [5.41, 5.74) is 0.887. The fraction of sp³-hybridized carbons (Fsp3) is 0.182. The lowest BCUT2D eigenvalue weighted by molar-refractivity contribution is -0.116. The number of carbonyl (C=O) groups excluding carboxylic acids is 1. The molecule has 0 saturated carbocycles. The standard InChI is InChI=1S/C22H19FN4O3S/c1-3-26-20(29)16-6-4-5-7-17(16)27(22(26)30)12-18(28)24-21-25-19(13(2)31-21)14-8-10-15(23)11-9-14/h4-11H,3,12H2,1-2H3,(H,24,25,28). The lowest BCUT2D eigenvalue weighted by atomic mass is 10.1. The molecule has 0 aliphatic carbocycles. The largest absolute Gasteiger partial charge is 0.331 e. The third-order valence-electron chi connectivity index (χ3n) is 4.91. The van der Waals surface area contributed by atoms with Crippen LogP contribution >= 0.6 is 11.3 Å². The first-order chi connectivity index (χ1) is 14.9. The number of nitrogens with one attached hydrogen (secondary N) is 1. The summed E-state index contributed by atoms with van der Waals surface area (Å²) in [5, 5.41) is 3.48. The molecule has 1 N–H and O–H groups in total. The predicted molar refractivity (Wildman–Crippen MR) is 119 cm³/mol. The Hall–Kier alpha value is -3.59. The molecule has 0 aliphatic heterocycles. The summed E-state index contributed by atoms with van der Waals surface area (Å²) in [4.78, 5) is 43.4. The summed E-state index contributed by atoms with van der Waals surface area (Å²) < 4.78 is 15.6. The quantitative estimate of drug-likeness (QED) is 0.518. The number of thiazole rings is 1. The Bertz CT molecular complexity index is 1400. The van der Waals surface area contributed by atoms with Crippen LogP contribution in [-0.4, -0.2) is 20.0 Å². The zero-order chi connectivity index (χ0) is 22.1. The summed E-state index contributed by atoms with van der Waals surface area (Å²) in [6, 6.07) is 12.7. The van der Waals surface area contributed by atoms with Gasteiger partial charge in [-0.05, 0) is 50.2 Å². The average Bonchev–Trinajstić information content (AvgIpc) is 3.12. The molecule has 0 atom stereocenters. The Kier molecular flexibility index (Phi) is 5.51. The zero-order valence-corrected chi connectivity index (χ0v) is 17.7. The molecule has 0 aliphatic rings. The van der Waals surface area contributed by atoms with Crippen molar-refractivity contribution in [2.45, 2.75) is 26.9 Å². The molecule has 9 heteroatoms. The highest BCUT2D eigenvalue weighted by Crippen LogP contribution is 2.30. The van der Waals surface area contributed by atoms with Crippen molar-refractivity contribution in [3.8, 4) is 11.3 Å². The van der Waals surface area contributed by atoms with Crippen LogP contribution in [0.2, 0.25) is 0 Å². The smallest absolute Gasteiger partial charge is 0.300 e. The number of rotatable bonds is 5. The normalized spacial score (nSPS) is 11.1. The number of nitrogens with zero attached hydrogens (tertiary/aromatic N) is 3. The highest BCUT2D eigenvalue weighted by atomic mass is 32.1.